The van der Waals surface area contributed by atoms with Gasteiger partial charge in [-0.3, -0.25) is 0 Å². The molecule has 2 atom stereocenters. The quantitative estimate of drug-likeness (QED) is 0.862. The molecule has 1 aromatic heterocycles. The molecule has 0 saturated heterocycles. The van der Waals surface area contributed by atoms with Crippen LogP contribution in [0.15, 0.2) is 6.07 Å². The second kappa shape index (κ2) is 5.56. The smallest absolute Gasteiger partial charge is 0.0388 e. The Morgan fingerprint density at radius 2 is 2.25 bits per heavy atom. The van der Waals surface area contributed by atoms with E-state index in [1.165, 1.54) is 29.9 Å². The molecule has 2 rings (SSSR count). The van der Waals surface area contributed by atoms with Gasteiger partial charge in [0.25, 0.3) is 0 Å². The standard InChI is InChI=1S/C13H21NS2/c1-9(8-15-3)14-10(2)13-7-11-5-4-6-12(11)16-13/h7,9-10,14H,4-6,8H2,1-3H3. The van der Waals surface area contributed by atoms with E-state index in [2.05, 4.69) is 31.5 Å². The second-order valence-corrected chi connectivity index (χ2v) is 6.77. The number of thioether (sulfide) groups is 1. The lowest BCUT2D eigenvalue weighted by Gasteiger charge is -2.18. The topological polar surface area (TPSA) is 12.0 Å². The zero-order valence-corrected chi connectivity index (χ0v) is 12.0. The van der Waals surface area contributed by atoms with Gasteiger partial charge in [-0.2, -0.15) is 11.8 Å². The normalized spacial score (nSPS) is 18.4. The van der Waals surface area contributed by atoms with E-state index in [9.17, 15) is 0 Å². The first-order valence-corrected chi connectivity index (χ1v) is 8.28. The molecule has 1 N–H and O–H groups in total. The Balaban J connectivity index is 1.95. The van der Waals surface area contributed by atoms with Crippen molar-refractivity contribution in [1.29, 1.82) is 0 Å². The number of fused-ring (bicyclic) bond motifs is 1. The number of hydrogen-bond donors (Lipinski definition) is 1. The summed E-state index contributed by atoms with van der Waals surface area (Å²) in [6, 6.07) is 3.54. The predicted molar refractivity (Wildman–Crippen MR) is 75.7 cm³/mol. The summed E-state index contributed by atoms with van der Waals surface area (Å²) < 4.78 is 0. The average molecular weight is 255 g/mol. The molecule has 0 aliphatic heterocycles. The number of thiophene rings is 1. The van der Waals surface area contributed by atoms with Gasteiger partial charge in [0.2, 0.25) is 0 Å². The number of hydrogen-bond acceptors (Lipinski definition) is 3. The summed E-state index contributed by atoms with van der Waals surface area (Å²) in [5.74, 6) is 1.19. The fraction of sp³-hybridized carbons (Fsp3) is 0.692. The van der Waals surface area contributed by atoms with Crippen LogP contribution in [0, 0.1) is 0 Å². The molecule has 0 fully saturated rings. The summed E-state index contributed by atoms with van der Waals surface area (Å²) in [6.07, 6.45) is 6.15. The van der Waals surface area contributed by atoms with Crippen LogP contribution in [0.25, 0.3) is 0 Å². The highest BCUT2D eigenvalue weighted by Gasteiger charge is 2.18. The maximum Gasteiger partial charge on any atom is 0.0388 e. The molecule has 16 heavy (non-hydrogen) atoms. The molecule has 0 radical (unpaired) electrons. The molecule has 0 spiro atoms. The van der Waals surface area contributed by atoms with Crippen LogP contribution in [0.2, 0.25) is 0 Å². The van der Waals surface area contributed by atoms with Crippen molar-refractivity contribution in [1.82, 2.24) is 5.32 Å². The maximum absolute atomic E-state index is 3.68. The van der Waals surface area contributed by atoms with E-state index in [1.807, 2.05) is 23.1 Å². The number of nitrogens with one attached hydrogen (secondary N) is 1. The van der Waals surface area contributed by atoms with Crippen molar-refractivity contribution < 1.29 is 0 Å². The minimum Gasteiger partial charge on any atom is -0.306 e. The zero-order chi connectivity index (χ0) is 11.5. The molecule has 0 bridgehead atoms. The van der Waals surface area contributed by atoms with Crippen molar-refractivity contribution in [3.05, 3.63) is 21.4 Å². The van der Waals surface area contributed by atoms with Gasteiger partial charge in [-0.25, -0.2) is 0 Å². The van der Waals surface area contributed by atoms with Crippen LogP contribution in [0.4, 0.5) is 0 Å². The molecule has 0 amide bonds. The third-order valence-corrected chi connectivity index (χ3v) is 5.40. The second-order valence-electron chi connectivity index (χ2n) is 4.70. The molecule has 0 saturated carbocycles. The summed E-state index contributed by atoms with van der Waals surface area (Å²) in [4.78, 5) is 3.17. The first-order valence-electron chi connectivity index (χ1n) is 6.07. The molecule has 3 heteroatoms. The largest absolute Gasteiger partial charge is 0.306 e. The van der Waals surface area contributed by atoms with Crippen LogP contribution in [0.1, 0.15) is 41.6 Å². The number of rotatable bonds is 5. The van der Waals surface area contributed by atoms with E-state index in [0.717, 1.165) is 0 Å². The van der Waals surface area contributed by atoms with E-state index < -0.39 is 0 Å². The molecular weight excluding hydrogens is 234 g/mol. The van der Waals surface area contributed by atoms with Gasteiger partial charge in [-0.05, 0) is 51.0 Å². The maximum atomic E-state index is 3.68. The van der Waals surface area contributed by atoms with Crippen molar-refractivity contribution >= 4 is 23.1 Å². The van der Waals surface area contributed by atoms with Crippen molar-refractivity contribution in [2.75, 3.05) is 12.0 Å². The van der Waals surface area contributed by atoms with Gasteiger partial charge in [0.1, 0.15) is 0 Å². The van der Waals surface area contributed by atoms with Crippen molar-refractivity contribution in [2.45, 2.75) is 45.2 Å². The Morgan fingerprint density at radius 1 is 1.44 bits per heavy atom. The highest BCUT2D eigenvalue weighted by Crippen LogP contribution is 2.33. The fourth-order valence-corrected chi connectivity index (χ4v) is 4.24. The van der Waals surface area contributed by atoms with Crippen LogP contribution < -0.4 is 5.32 Å². The van der Waals surface area contributed by atoms with Crippen molar-refractivity contribution in [2.24, 2.45) is 0 Å². The van der Waals surface area contributed by atoms with E-state index in [-0.39, 0.29) is 0 Å². The lowest BCUT2D eigenvalue weighted by atomic mass is 10.2. The SMILES string of the molecule is CSCC(C)NC(C)c1cc2c(s1)CCC2. The Hall–Kier alpha value is 0.01000. The highest BCUT2D eigenvalue weighted by atomic mass is 32.2. The Kier molecular flexibility index (Phi) is 4.34. The minimum absolute atomic E-state index is 0.512. The van der Waals surface area contributed by atoms with Gasteiger partial charge in [0.05, 0.1) is 0 Å². The molecule has 90 valence electrons. The minimum atomic E-state index is 0.512. The lowest BCUT2D eigenvalue weighted by molar-refractivity contribution is 0.517. The highest BCUT2D eigenvalue weighted by molar-refractivity contribution is 7.98. The van der Waals surface area contributed by atoms with Crippen molar-refractivity contribution in [3.8, 4) is 0 Å². The van der Waals surface area contributed by atoms with Crippen LogP contribution in [-0.2, 0) is 12.8 Å². The van der Waals surface area contributed by atoms with Gasteiger partial charge in [-0.15, -0.1) is 11.3 Å². The molecule has 1 aromatic rings. The average Bonchev–Trinajstić information content (AvgIpc) is 2.76. The molecule has 1 nitrogen and oxygen atoms in total. The van der Waals surface area contributed by atoms with Gasteiger partial charge in [0, 0.05) is 27.6 Å². The first-order chi connectivity index (χ1) is 7.70. The molecule has 0 aromatic carbocycles. The summed E-state index contributed by atoms with van der Waals surface area (Å²) in [6.45, 7) is 4.56. The zero-order valence-electron chi connectivity index (χ0n) is 10.4. The van der Waals surface area contributed by atoms with Crippen LogP contribution in [0.5, 0.6) is 0 Å². The Morgan fingerprint density at radius 3 is 2.94 bits per heavy atom. The lowest BCUT2D eigenvalue weighted by Crippen LogP contribution is -2.30. The third kappa shape index (κ3) is 2.82. The summed E-state index contributed by atoms with van der Waals surface area (Å²) in [5, 5.41) is 3.68. The third-order valence-electron chi connectivity index (χ3n) is 3.14. The predicted octanol–water partition coefficient (Wildman–Crippen LogP) is 3.64. The Labute approximate surface area is 107 Å². The monoisotopic (exact) mass is 255 g/mol. The first kappa shape index (κ1) is 12.5. The molecule has 2 unspecified atom stereocenters. The number of aryl methyl sites for hydroxylation is 2. The Bertz CT molecular complexity index is 324. The van der Waals surface area contributed by atoms with Crippen LogP contribution >= 0.6 is 23.1 Å². The summed E-state index contributed by atoms with van der Waals surface area (Å²) >= 11 is 3.93. The summed E-state index contributed by atoms with van der Waals surface area (Å²) in [7, 11) is 0. The van der Waals surface area contributed by atoms with Gasteiger partial charge in [0.15, 0.2) is 0 Å². The molecule has 1 aliphatic carbocycles. The van der Waals surface area contributed by atoms with E-state index in [4.69, 9.17) is 0 Å². The van der Waals surface area contributed by atoms with E-state index in [1.54, 1.807) is 10.4 Å². The van der Waals surface area contributed by atoms with Gasteiger partial charge in [-0.1, -0.05) is 0 Å². The van der Waals surface area contributed by atoms with Crippen molar-refractivity contribution in [3.63, 3.8) is 0 Å². The van der Waals surface area contributed by atoms with E-state index in [0.29, 0.717) is 12.1 Å². The van der Waals surface area contributed by atoms with Crippen LogP contribution in [-0.4, -0.2) is 18.1 Å². The molecule has 1 heterocycles. The van der Waals surface area contributed by atoms with Gasteiger partial charge < -0.3 is 5.32 Å². The van der Waals surface area contributed by atoms with Gasteiger partial charge >= 0.3 is 0 Å². The van der Waals surface area contributed by atoms with Crippen LogP contribution in [0.3, 0.4) is 0 Å². The molecule has 1 aliphatic rings. The van der Waals surface area contributed by atoms with E-state index >= 15 is 0 Å². The fourth-order valence-electron chi connectivity index (χ4n) is 2.37. The summed E-state index contributed by atoms with van der Waals surface area (Å²) in [5.41, 5.74) is 1.62. The molecular formula is C13H21NS2.